The second-order valence-corrected chi connectivity index (χ2v) is 5.96. The fourth-order valence-corrected chi connectivity index (χ4v) is 3.83. The molecule has 1 aromatic carbocycles. The van der Waals surface area contributed by atoms with E-state index in [1.54, 1.807) is 0 Å². The topological polar surface area (TPSA) is 32.3 Å². The van der Waals surface area contributed by atoms with E-state index in [1.165, 1.54) is 24.8 Å². The predicted molar refractivity (Wildman–Crippen MR) is 73.5 cm³/mol. The van der Waals surface area contributed by atoms with E-state index in [9.17, 15) is 5.11 Å². The monoisotopic (exact) mass is 245 g/mol. The maximum atomic E-state index is 10.8. The highest BCUT2D eigenvalue weighted by atomic mass is 16.3. The highest BCUT2D eigenvalue weighted by Crippen LogP contribution is 2.41. The molecule has 1 aliphatic heterocycles. The van der Waals surface area contributed by atoms with Gasteiger partial charge in [-0.2, -0.15) is 0 Å². The van der Waals surface area contributed by atoms with E-state index in [1.807, 2.05) is 0 Å². The Kier molecular flexibility index (Phi) is 3.40. The second kappa shape index (κ2) is 5.02. The second-order valence-electron chi connectivity index (χ2n) is 5.96. The number of hydrogen-bond donors (Lipinski definition) is 2. The van der Waals surface area contributed by atoms with Crippen LogP contribution in [0.15, 0.2) is 30.3 Å². The van der Waals surface area contributed by atoms with Crippen molar-refractivity contribution >= 4 is 0 Å². The molecule has 0 aromatic heterocycles. The number of aliphatic hydroxyl groups is 1. The minimum absolute atomic E-state index is 0.386. The van der Waals surface area contributed by atoms with E-state index >= 15 is 0 Å². The van der Waals surface area contributed by atoms with Crippen LogP contribution >= 0.6 is 0 Å². The molecule has 1 aliphatic carbocycles. The molecule has 1 aromatic rings. The van der Waals surface area contributed by atoms with Crippen molar-refractivity contribution in [2.45, 2.75) is 50.2 Å². The Labute approximate surface area is 109 Å². The summed E-state index contributed by atoms with van der Waals surface area (Å²) in [6.45, 7) is 0.963. The minimum atomic E-state index is -0.386. The third-order valence-electron chi connectivity index (χ3n) is 4.81. The molecular formula is C16H23NO. The van der Waals surface area contributed by atoms with Gasteiger partial charge >= 0.3 is 0 Å². The van der Waals surface area contributed by atoms with E-state index in [4.69, 9.17) is 0 Å². The molecule has 3 rings (SSSR count). The summed E-state index contributed by atoms with van der Waals surface area (Å²) in [4.78, 5) is 0. The Morgan fingerprint density at radius 2 is 2.00 bits per heavy atom. The number of fused-ring (bicyclic) bond motifs is 1. The molecule has 2 aliphatic rings. The first kappa shape index (κ1) is 12.2. The van der Waals surface area contributed by atoms with Crippen LogP contribution < -0.4 is 5.32 Å². The number of nitrogens with one attached hydrogen (secondary N) is 1. The van der Waals surface area contributed by atoms with Crippen LogP contribution in [-0.2, 0) is 6.42 Å². The van der Waals surface area contributed by atoms with Gasteiger partial charge in [0.25, 0.3) is 0 Å². The van der Waals surface area contributed by atoms with E-state index in [-0.39, 0.29) is 5.60 Å². The lowest BCUT2D eigenvalue weighted by Gasteiger charge is -2.48. The number of hydrogen-bond acceptors (Lipinski definition) is 2. The molecule has 2 fully saturated rings. The van der Waals surface area contributed by atoms with Gasteiger partial charge in [0, 0.05) is 12.0 Å². The van der Waals surface area contributed by atoms with Crippen molar-refractivity contribution in [3.05, 3.63) is 35.9 Å². The molecule has 3 atom stereocenters. The van der Waals surface area contributed by atoms with Gasteiger partial charge in [-0.3, -0.25) is 0 Å². The number of benzene rings is 1. The summed E-state index contributed by atoms with van der Waals surface area (Å²) in [5.74, 6) is 0.445. The van der Waals surface area contributed by atoms with Gasteiger partial charge in [0.15, 0.2) is 0 Å². The average Bonchev–Trinajstić information content (AvgIpc) is 2.39. The van der Waals surface area contributed by atoms with Gasteiger partial charge in [-0.05, 0) is 37.8 Å². The summed E-state index contributed by atoms with van der Waals surface area (Å²) in [6.07, 6.45) is 6.65. The van der Waals surface area contributed by atoms with Crippen LogP contribution in [0.3, 0.4) is 0 Å². The summed E-state index contributed by atoms with van der Waals surface area (Å²) >= 11 is 0. The zero-order chi connectivity index (χ0) is 12.4. The van der Waals surface area contributed by atoms with Crippen molar-refractivity contribution in [2.75, 3.05) is 6.54 Å². The summed E-state index contributed by atoms with van der Waals surface area (Å²) in [6, 6.07) is 11.1. The molecule has 18 heavy (non-hydrogen) atoms. The predicted octanol–water partition coefficient (Wildman–Crippen LogP) is 2.51. The third-order valence-corrected chi connectivity index (χ3v) is 4.81. The van der Waals surface area contributed by atoms with Crippen molar-refractivity contribution in [3.8, 4) is 0 Å². The number of rotatable bonds is 2. The molecule has 0 spiro atoms. The molecule has 0 amide bonds. The summed E-state index contributed by atoms with van der Waals surface area (Å²) in [5.41, 5.74) is 0.994. The van der Waals surface area contributed by atoms with Gasteiger partial charge in [0.1, 0.15) is 0 Å². The Morgan fingerprint density at radius 3 is 2.83 bits per heavy atom. The fraction of sp³-hybridized carbons (Fsp3) is 0.625. The largest absolute Gasteiger partial charge is 0.389 e. The molecular weight excluding hydrogens is 222 g/mol. The molecule has 0 radical (unpaired) electrons. The Hall–Kier alpha value is -0.860. The van der Waals surface area contributed by atoms with Crippen LogP contribution in [0.25, 0.3) is 0 Å². The van der Waals surface area contributed by atoms with Gasteiger partial charge < -0.3 is 10.4 Å². The van der Waals surface area contributed by atoms with E-state index in [0.717, 1.165) is 25.8 Å². The highest BCUT2D eigenvalue weighted by Gasteiger charge is 2.45. The molecule has 1 saturated carbocycles. The van der Waals surface area contributed by atoms with Crippen molar-refractivity contribution in [2.24, 2.45) is 5.92 Å². The molecule has 2 N–H and O–H groups in total. The summed E-state index contributed by atoms with van der Waals surface area (Å²) in [7, 11) is 0. The molecule has 2 nitrogen and oxygen atoms in total. The van der Waals surface area contributed by atoms with E-state index in [2.05, 4.69) is 35.6 Å². The van der Waals surface area contributed by atoms with Gasteiger partial charge in [0.2, 0.25) is 0 Å². The Bertz CT molecular complexity index is 387. The Morgan fingerprint density at radius 1 is 1.17 bits per heavy atom. The van der Waals surface area contributed by atoms with Crippen LogP contribution in [0.4, 0.5) is 0 Å². The SMILES string of the molecule is OC12CCCCC1C(Cc1ccccc1)NCC2. The molecule has 3 unspecified atom stereocenters. The van der Waals surface area contributed by atoms with Gasteiger partial charge in [-0.1, -0.05) is 43.2 Å². The first-order valence-corrected chi connectivity index (χ1v) is 7.28. The maximum absolute atomic E-state index is 10.8. The van der Waals surface area contributed by atoms with E-state index < -0.39 is 0 Å². The summed E-state index contributed by atoms with van der Waals surface area (Å²) in [5, 5.41) is 14.4. The van der Waals surface area contributed by atoms with Crippen LogP contribution in [-0.4, -0.2) is 23.3 Å². The van der Waals surface area contributed by atoms with Crippen molar-refractivity contribution in [1.82, 2.24) is 5.32 Å². The normalized spacial score (nSPS) is 36.1. The van der Waals surface area contributed by atoms with Crippen molar-refractivity contribution in [1.29, 1.82) is 0 Å². The van der Waals surface area contributed by atoms with Crippen LogP contribution in [0.1, 0.15) is 37.7 Å². The van der Waals surface area contributed by atoms with Gasteiger partial charge in [0.05, 0.1) is 5.60 Å². The van der Waals surface area contributed by atoms with Gasteiger partial charge in [-0.25, -0.2) is 0 Å². The lowest BCUT2D eigenvalue weighted by molar-refractivity contribution is -0.0850. The van der Waals surface area contributed by atoms with Gasteiger partial charge in [-0.15, -0.1) is 0 Å². The van der Waals surface area contributed by atoms with Crippen LogP contribution in [0.2, 0.25) is 0 Å². The van der Waals surface area contributed by atoms with E-state index in [0.29, 0.717) is 12.0 Å². The van der Waals surface area contributed by atoms with Crippen molar-refractivity contribution in [3.63, 3.8) is 0 Å². The quantitative estimate of drug-likeness (QED) is 0.839. The number of piperidine rings is 1. The Balaban J connectivity index is 1.75. The first-order valence-electron chi connectivity index (χ1n) is 7.28. The standard InChI is InChI=1S/C16H23NO/c18-16-9-5-4-8-14(16)15(17-11-10-16)12-13-6-2-1-3-7-13/h1-3,6-7,14-15,17-18H,4-5,8-12H2. The minimum Gasteiger partial charge on any atom is -0.389 e. The zero-order valence-corrected chi connectivity index (χ0v) is 10.9. The molecule has 1 heterocycles. The first-order chi connectivity index (χ1) is 8.78. The lowest BCUT2D eigenvalue weighted by atomic mass is 9.67. The average molecular weight is 245 g/mol. The zero-order valence-electron chi connectivity index (χ0n) is 10.9. The molecule has 2 heteroatoms. The molecule has 1 saturated heterocycles. The van der Waals surface area contributed by atoms with Crippen LogP contribution in [0, 0.1) is 5.92 Å². The maximum Gasteiger partial charge on any atom is 0.0702 e. The molecule has 0 bridgehead atoms. The third kappa shape index (κ3) is 2.32. The van der Waals surface area contributed by atoms with Crippen molar-refractivity contribution < 1.29 is 5.11 Å². The smallest absolute Gasteiger partial charge is 0.0702 e. The van der Waals surface area contributed by atoms with Crippen LogP contribution in [0.5, 0.6) is 0 Å². The summed E-state index contributed by atoms with van der Waals surface area (Å²) < 4.78 is 0. The molecule has 98 valence electrons. The lowest BCUT2D eigenvalue weighted by Crippen LogP contribution is -2.58. The fourth-order valence-electron chi connectivity index (χ4n) is 3.83. The highest BCUT2D eigenvalue weighted by molar-refractivity contribution is 5.17.